The Kier molecular flexibility index (Phi) is 6.22. The molecule has 9 heteroatoms. The van der Waals surface area contributed by atoms with Crippen molar-refractivity contribution in [1.82, 2.24) is 25.2 Å². The zero-order chi connectivity index (χ0) is 19.9. The van der Waals surface area contributed by atoms with E-state index in [0.29, 0.717) is 32.0 Å². The molecule has 0 aromatic carbocycles. The van der Waals surface area contributed by atoms with Gasteiger partial charge < -0.3 is 20.1 Å². The van der Waals surface area contributed by atoms with Crippen LogP contribution in [-0.2, 0) is 9.59 Å². The number of amides is 2. The van der Waals surface area contributed by atoms with Gasteiger partial charge in [0.1, 0.15) is 24.2 Å². The average molecular weight is 381 g/mol. The lowest BCUT2D eigenvalue weighted by Gasteiger charge is -2.43. The number of hydrogen-bond acceptors (Lipinski definition) is 6. The second-order valence-electron chi connectivity index (χ2n) is 6.78. The summed E-state index contributed by atoms with van der Waals surface area (Å²) in [5.74, 6) is 0.947. The normalized spacial score (nSPS) is 19.5. The highest BCUT2D eigenvalue weighted by Crippen LogP contribution is 2.30. The van der Waals surface area contributed by atoms with Gasteiger partial charge in [0.25, 0.3) is 0 Å². The second kappa shape index (κ2) is 8.99. The van der Waals surface area contributed by atoms with Crippen LogP contribution in [0, 0.1) is 17.2 Å². The SMILES string of the molecule is C[C@@H]1CCN(C(=O)CC#N)CC1N(C/C=C/NC=O)c1ncnc2[nH]ccc12. The van der Waals surface area contributed by atoms with Gasteiger partial charge in [-0.05, 0) is 24.5 Å². The van der Waals surface area contributed by atoms with E-state index in [-0.39, 0.29) is 18.4 Å². The Morgan fingerprint density at radius 2 is 2.39 bits per heavy atom. The Morgan fingerprint density at radius 3 is 3.18 bits per heavy atom. The van der Waals surface area contributed by atoms with Crippen LogP contribution in [0.1, 0.15) is 19.8 Å². The Labute approximate surface area is 163 Å². The fourth-order valence-electron chi connectivity index (χ4n) is 3.60. The molecule has 2 aromatic heterocycles. The van der Waals surface area contributed by atoms with Crippen LogP contribution in [0.25, 0.3) is 11.0 Å². The maximum Gasteiger partial charge on any atom is 0.236 e. The number of fused-ring (bicyclic) bond motifs is 1. The van der Waals surface area contributed by atoms with Crippen LogP contribution in [0.4, 0.5) is 5.82 Å². The predicted molar refractivity (Wildman–Crippen MR) is 104 cm³/mol. The van der Waals surface area contributed by atoms with Gasteiger partial charge >= 0.3 is 0 Å². The summed E-state index contributed by atoms with van der Waals surface area (Å²) in [5, 5.41) is 12.3. The highest BCUT2D eigenvalue weighted by atomic mass is 16.2. The summed E-state index contributed by atoms with van der Waals surface area (Å²) in [4.78, 5) is 38.5. The van der Waals surface area contributed by atoms with Crippen LogP contribution in [0.15, 0.2) is 30.9 Å². The number of carbonyl (C=O) groups is 2. The number of aromatic nitrogens is 3. The van der Waals surface area contributed by atoms with Gasteiger partial charge in [-0.25, -0.2) is 9.97 Å². The maximum absolute atomic E-state index is 12.3. The monoisotopic (exact) mass is 381 g/mol. The number of nitrogens with one attached hydrogen (secondary N) is 2. The van der Waals surface area contributed by atoms with Crippen LogP contribution in [0.2, 0.25) is 0 Å². The van der Waals surface area contributed by atoms with Gasteiger partial charge in [-0.15, -0.1) is 0 Å². The van der Waals surface area contributed by atoms with E-state index in [0.717, 1.165) is 23.3 Å². The summed E-state index contributed by atoms with van der Waals surface area (Å²) < 4.78 is 0. The summed E-state index contributed by atoms with van der Waals surface area (Å²) >= 11 is 0. The molecule has 0 spiro atoms. The van der Waals surface area contributed by atoms with Gasteiger partial charge in [0, 0.05) is 32.0 Å². The molecule has 1 saturated heterocycles. The van der Waals surface area contributed by atoms with Gasteiger partial charge in [0.2, 0.25) is 12.3 Å². The molecule has 0 saturated carbocycles. The van der Waals surface area contributed by atoms with Crippen molar-refractivity contribution < 1.29 is 9.59 Å². The van der Waals surface area contributed by atoms with E-state index < -0.39 is 0 Å². The molecule has 9 nitrogen and oxygen atoms in total. The minimum absolute atomic E-state index is 0.0188. The zero-order valence-electron chi connectivity index (χ0n) is 15.7. The van der Waals surface area contributed by atoms with Crippen molar-refractivity contribution in [3.63, 3.8) is 0 Å². The summed E-state index contributed by atoms with van der Waals surface area (Å²) in [6.45, 7) is 3.84. The fourth-order valence-corrected chi connectivity index (χ4v) is 3.60. The molecule has 1 aliphatic rings. The number of hydrogen-bond donors (Lipinski definition) is 2. The molecule has 146 valence electrons. The number of anilines is 1. The number of rotatable bonds is 7. The van der Waals surface area contributed by atoms with E-state index in [1.807, 2.05) is 24.4 Å². The van der Waals surface area contributed by atoms with E-state index in [1.165, 1.54) is 6.33 Å². The molecule has 2 N–H and O–H groups in total. The van der Waals surface area contributed by atoms with E-state index in [1.54, 1.807) is 11.1 Å². The minimum Gasteiger partial charge on any atom is -0.347 e. The number of likely N-dealkylation sites (tertiary alicyclic amines) is 1. The smallest absolute Gasteiger partial charge is 0.236 e. The summed E-state index contributed by atoms with van der Waals surface area (Å²) in [7, 11) is 0. The van der Waals surface area contributed by atoms with Gasteiger partial charge in [0.15, 0.2) is 0 Å². The van der Waals surface area contributed by atoms with Crippen molar-refractivity contribution >= 4 is 29.2 Å². The molecule has 2 aromatic rings. The lowest BCUT2D eigenvalue weighted by molar-refractivity contribution is -0.131. The fraction of sp³-hybridized carbons (Fsp3) is 0.421. The van der Waals surface area contributed by atoms with Crippen molar-refractivity contribution in [3.05, 3.63) is 30.9 Å². The third-order valence-corrected chi connectivity index (χ3v) is 5.09. The number of aromatic amines is 1. The molecule has 1 unspecified atom stereocenters. The number of nitrogens with zero attached hydrogens (tertiary/aromatic N) is 5. The molecule has 2 amide bonds. The first-order chi connectivity index (χ1) is 13.7. The van der Waals surface area contributed by atoms with Gasteiger partial charge in [-0.3, -0.25) is 9.59 Å². The topological polar surface area (TPSA) is 118 Å². The first-order valence-corrected chi connectivity index (χ1v) is 9.20. The van der Waals surface area contributed by atoms with Gasteiger partial charge in [-0.1, -0.05) is 6.92 Å². The molecule has 28 heavy (non-hydrogen) atoms. The first-order valence-electron chi connectivity index (χ1n) is 9.20. The van der Waals surface area contributed by atoms with Gasteiger partial charge in [-0.2, -0.15) is 5.26 Å². The van der Waals surface area contributed by atoms with Crippen LogP contribution >= 0.6 is 0 Å². The molecule has 0 radical (unpaired) electrons. The molecule has 3 rings (SSSR count). The molecule has 1 fully saturated rings. The molecule has 1 aliphatic heterocycles. The number of nitriles is 1. The van der Waals surface area contributed by atoms with E-state index in [9.17, 15) is 9.59 Å². The predicted octanol–water partition coefficient (Wildman–Crippen LogP) is 1.17. The molecular formula is C19H23N7O2. The zero-order valence-corrected chi connectivity index (χ0v) is 15.7. The van der Waals surface area contributed by atoms with Crippen LogP contribution in [0.3, 0.4) is 0 Å². The number of piperidine rings is 1. The molecule has 0 aliphatic carbocycles. The maximum atomic E-state index is 12.3. The minimum atomic E-state index is -0.146. The Balaban J connectivity index is 1.93. The van der Waals surface area contributed by atoms with E-state index >= 15 is 0 Å². The summed E-state index contributed by atoms with van der Waals surface area (Å²) in [6.07, 6.45) is 8.11. The highest BCUT2D eigenvalue weighted by Gasteiger charge is 2.33. The van der Waals surface area contributed by atoms with Crippen LogP contribution < -0.4 is 10.2 Å². The van der Waals surface area contributed by atoms with Crippen molar-refractivity contribution in [3.8, 4) is 6.07 Å². The largest absolute Gasteiger partial charge is 0.347 e. The van der Waals surface area contributed by atoms with Crippen molar-refractivity contribution in [1.29, 1.82) is 5.26 Å². The quantitative estimate of drug-likeness (QED) is 0.695. The molecular weight excluding hydrogens is 358 g/mol. The summed E-state index contributed by atoms with van der Waals surface area (Å²) in [6, 6.07) is 3.89. The summed E-state index contributed by atoms with van der Waals surface area (Å²) in [5.41, 5.74) is 0.742. The van der Waals surface area contributed by atoms with Crippen molar-refractivity contribution in [2.75, 3.05) is 24.5 Å². The van der Waals surface area contributed by atoms with E-state index in [2.05, 4.69) is 32.1 Å². The van der Waals surface area contributed by atoms with Gasteiger partial charge in [0.05, 0.1) is 17.5 Å². The highest BCUT2D eigenvalue weighted by molar-refractivity contribution is 5.87. The van der Waals surface area contributed by atoms with Crippen molar-refractivity contribution in [2.24, 2.45) is 5.92 Å². The Bertz CT molecular complexity index is 901. The average Bonchev–Trinajstić information content (AvgIpc) is 3.18. The number of H-pyrrole nitrogens is 1. The standard InChI is InChI=1S/C19H23N7O2/c1-14-5-10-25(17(28)3-6-20)11-16(14)26(9-2-7-21-13-27)19-15-4-8-22-18(15)23-12-24-19/h2,4,7-8,12-14,16H,3,5,9-11H2,1H3,(H,21,27)(H,22,23,24)/b7-2+/t14-,16?/m1/s1. The van der Waals surface area contributed by atoms with Crippen LogP contribution in [0.5, 0.6) is 0 Å². The number of carbonyl (C=O) groups excluding carboxylic acids is 2. The molecule has 0 bridgehead atoms. The third-order valence-electron chi connectivity index (χ3n) is 5.09. The third kappa shape index (κ3) is 4.11. The lowest BCUT2D eigenvalue weighted by atomic mass is 9.91. The molecule has 3 heterocycles. The van der Waals surface area contributed by atoms with Crippen molar-refractivity contribution in [2.45, 2.75) is 25.8 Å². The second-order valence-corrected chi connectivity index (χ2v) is 6.78. The van der Waals surface area contributed by atoms with Crippen LogP contribution in [-0.4, -0.2) is 57.8 Å². The Morgan fingerprint density at radius 1 is 1.54 bits per heavy atom. The lowest BCUT2D eigenvalue weighted by Crippen LogP contribution is -2.54. The Hall–Kier alpha value is -3.41. The first kappa shape index (κ1) is 19.4. The van der Waals surface area contributed by atoms with E-state index in [4.69, 9.17) is 5.26 Å². The molecule has 2 atom stereocenters.